The van der Waals surface area contributed by atoms with Crippen LogP contribution in [0, 0.1) is 0 Å². The van der Waals surface area contributed by atoms with Gasteiger partial charge in [-0.3, -0.25) is 9.59 Å². The summed E-state index contributed by atoms with van der Waals surface area (Å²) in [5, 5.41) is 0. The Balaban J connectivity index is 1.98. The summed E-state index contributed by atoms with van der Waals surface area (Å²) in [6.07, 6.45) is 5.90. The Morgan fingerprint density at radius 1 is 0.650 bits per heavy atom. The van der Waals surface area contributed by atoms with Gasteiger partial charge in [0.05, 0.1) is 0 Å². The molecule has 0 aliphatic heterocycles. The summed E-state index contributed by atoms with van der Waals surface area (Å²) >= 11 is 0. The second kappa shape index (κ2) is 4.01. The summed E-state index contributed by atoms with van der Waals surface area (Å²) in [5.41, 5.74) is 4.48. The zero-order valence-electron chi connectivity index (χ0n) is 10.8. The monoisotopic (exact) mass is 260 g/mol. The first-order valence-corrected chi connectivity index (χ1v) is 6.75. The van der Waals surface area contributed by atoms with Crippen molar-refractivity contribution in [1.29, 1.82) is 0 Å². The van der Waals surface area contributed by atoms with Gasteiger partial charge in [-0.05, 0) is 36.1 Å². The van der Waals surface area contributed by atoms with Gasteiger partial charge in [0, 0.05) is 22.3 Å². The predicted octanol–water partition coefficient (Wildman–Crippen LogP) is 3.12. The van der Waals surface area contributed by atoms with Gasteiger partial charge in [-0.2, -0.15) is 0 Å². The van der Waals surface area contributed by atoms with Crippen molar-refractivity contribution in [3.05, 3.63) is 81.9 Å². The maximum absolute atomic E-state index is 12.6. The van der Waals surface area contributed by atoms with E-state index in [0.29, 0.717) is 22.3 Å². The molecule has 2 nitrogen and oxygen atoms in total. The van der Waals surface area contributed by atoms with Crippen molar-refractivity contribution in [2.24, 2.45) is 0 Å². The number of hydrogen-bond donors (Lipinski definition) is 0. The fraction of sp³-hybridized carbons (Fsp3) is 0.111. The molecule has 96 valence electrons. The highest BCUT2D eigenvalue weighted by atomic mass is 16.1. The summed E-state index contributed by atoms with van der Waals surface area (Å²) < 4.78 is 0. The third kappa shape index (κ3) is 1.45. The first-order chi connectivity index (χ1) is 9.75. The fourth-order valence-electron chi connectivity index (χ4n) is 3.04. The maximum Gasteiger partial charge on any atom is 0.194 e. The molecule has 0 radical (unpaired) electrons. The molecule has 0 spiro atoms. The topological polar surface area (TPSA) is 34.1 Å². The molecule has 0 saturated heterocycles. The van der Waals surface area contributed by atoms with E-state index >= 15 is 0 Å². The van der Waals surface area contributed by atoms with Crippen LogP contribution in [0.3, 0.4) is 0 Å². The van der Waals surface area contributed by atoms with Gasteiger partial charge in [-0.25, -0.2) is 0 Å². The molecule has 0 N–H and O–H groups in total. The summed E-state index contributed by atoms with van der Waals surface area (Å²) in [6.45, 7) is 0. The first kappa shape index (κ1) is 11.4. The van der Waals surface area contributed by atoms with Crippen LogP contribution in [0.4, 0.5) is 0 Å². The van der Waals surface area contributed by atoms with Crippen LogP contribution in [-0.2, 0) is 12.8 Å². The minimum absolute atomic E-state index is 0.0347. The molecule has 0 bridgehead atoms. The molecule has 4 rings (SSSR count). The summed E-state index contributed by atoms with van der Waals surface area (Å²) in [7, 11) is 0. The normalized spacial score (nSPS) is 15.6. The van der Waals surface area contributed by atoms with Gasteiger partial charge in [0.25, 0.3) is 0 Å². The summed E-state index contributed by atoms with van der Waals surface area (Å²) in [6, 6.07) is 10.9. The molecular formula is C18H12O2. The van der Waals surface area contributed by atoms with Gasteiger partial charge < -0.3 is 0 Å². The molecule has 0 atom stereocenters. The maximum atomic E-state index is 12.6. The van der Waals surface area contributed by atoms with Crippen LogP contribution in [0.15, 0.2) is 48.6 Å². The molecule has 2 aromatic carbocycles. The van der Waals surface area contributed by atoms with E-state index in [-0.39, 0.29) is 11.6 Å². The number of allylic oxidation sites excluding steroid dienone is 2. The molecular weight excluding hydrogens is 248 g/mol. The van der Waals surface area contributed by atoms with Crippen LogP contribution in [0.1, 0.15) is 43.0 Å². The van der Waals surface area contributed by atoms with Crippen molar-refractivity contribution in [3.8, 4) is 0 Å². The molecule has 0 heterocycles. The van der Waals surface area contributed by atoms with Crippen molar-refractivity contribution >= 4 is 11.6 Å². The largest absolute Gasteiger partial charge is 0.289 e. The molecule has 0 amide bonds. The van der Waals surface area contributed by atoms with E-state index in [1.165, 1.54) is 0 Å². The van der Waals surface area contributed by atoms with Gasteiger partial charge >= 0.3 is 0 Å². The van der Waals surface area contributed by atoms with Gasteiger partial charge in [-0.1, -0.05) is 36.4 Å². The van der Waals surface area contributed by atoms with Crippen molar-refractivity contribution < 1.29 is 9.59 Å². The molecule has 0 aromatic heterocycles. The predicted molar refractivity (Wildman–Crippen MR) is 76.3 cm³/mol. The molecule has 0 unspecified atom stereocenters. The van der Waals surface area contributed by atoms with E-state index in [1.807, 2.05) is 12.1 Å². The molecule has 0 saturated carbocycles. The Morgan fingerprint density at radius 3 is 1.55 bits per heavy atom. The van der Waals surface area contributed by atoms with Crippen LogP contribution in [-0.4, -0.2) is 11.6 Å². The molecule has 2 aliphatic carbocycles. The Morgan fingerprint density at radius 2 is 1.10 bits per heavy atom. The van der Waals surface area contributed by atoms with Gasteiger partial charge in [0.15, 0.2) is 11.6 Å². The Hall–Kier alpha value is -2.48. The standard InChI is InChI=1S/C18H12O2/c19-17-13-7-3-4-8-14(13)18(20)16-10-12-6-2-1-5-11(12)9-15(16)17/h1-4,7-10H,5-6H2. The molecule has 2 heteroatoms. The van der Waals surface area contributed by atoms with E-state index in [0.717, 1.165) is 24.0 Å². The third-order valence-corrected chi connectivity index (χ3v) is 4.09. The van der Waals surface area contributed by atoms with Crippen molar-refractivity contribution in [1.82, 2.24) is 0 Å². The van der Waals surface area contributed by atoms with Gasteiger partial charge in [-0.15, -0.1) is 0 Å². The molecule has 0 fully saturated rings. The van der Waals surface area contributed by atoms with Crippen LogP contribution in [0.25, 0.3) is 0 Å². The Bertz CT molecular complexity index is 731. The number of rotatable bonds is 0. The number of ketones is 2. The quantitative estimate of drug-likeness (QED) is 0.582. The molecule has 2 aromatic rings. The van der Waals surface area contributed by atoms with Gasteiger partial charge in [0.1, 0.15) is 0 Å². The van der Waals surface area contributed by atoms with Gasteiger partial charge in [0.2, 0.25) is 0 Å². The van der Waals surface area contributed by atoms with Crippen LogP contribution in [0.5, 0.6) is 0 Å². The zero-order chi connectivity index (χ0) is 13.7. The number of carbonyl (C=O) groups excluding carboxylic acids is 2. The minimum Gasteiger partial charge on any atom is -0.289 e. The average Bonchev–Trinajstić information content (AvgIpc) is 2.51. The minimum atomic E-state index is -0.0347. The van der Waals surface area contributed by atoms with E-state index in [9.17, 15) is 9.59 Å². The zero-order valence-corrected chi connectivity index (χ0v) is 10.8. The second-order valence-electron chi connectivity index (χ2n) is 5.25. The SMILES string of the molecule is O=C1c2ccccc2C(=O)c2cc3c(cc21)CC=CC3. The number of hydrogen-bond acceptors (Lipinski definition) is 2. The van der Waals surface area contributed by atoms with E-state index in [1.54, 1.807) is 24.3 Å². The van der Waals surface area contributed by atoms with Crippen molar-refractivity contribution in [2.45, 2.75) is 12.8 Å². The second-order valence-corrected chi connectivity index (χ2v) is 5.25. The third-order valence-electron chi connectivity index (χ3n) is 4.09. The van der Waals surface area contributed by atoms with E-state index in [4.69, 9.17) is 0 Å². The fourth-order valence-corrected chi connectivity index (χ4v) is 3.04. The lowest BCUT2D eigenvalue weighted by Crippen LogP contribution is -2.22. The molecule has 2 aliphatic rings. The first-order valence-electron chi connectivity index (χ1n) is 6.75. The van der Waals surface area contributed by atoms with Crippen LogP contribution < -0.4 is 0 Å². The summed E-state index contributed by atoms with van der Waals surface area (Å²) in [5.74, 6) is -0.0693. The molecule has 20 heavy (non-hydrogen) atoms. The van der Waals surface area contributed by atoms with Crippen molar-refractivity contribution in [3.63, 3.8) is 0 Å². The smallest absolute Gasteiger partial charge is 0.194 e. The number of benzene rings is 2. The Kier molecular flexibility index (Phi) is 2.27. The van der Waals surface area contributed by atoms with Crippen LogP contribution >= 0.6 is 0 Å². The van der Waals surface area contributed by atoms with Crippen LogP contribution in [0.2, 0.25) is 0 Å². The lowest BCUT2D eigenvalue weighted by atomic mass is 9.80. The van der Waals surface area contributed by atoms with Crippen molar-refractivity contribution in [2.75, 3.05) is 0 Å². The highest BCUT2D eigenvalue weighted by Gasteiger charge is 2.30. The number of fused-ring (bicyclic) bond motifs is 3. The lowest BCUT2D eigenvalue weighted by Gasteiger charge is -2.21. The Labute approximate surface area is 116 Å². The van der Waals surface area contributed by atoms with E-state index in [2.05, 4.69) is 12.2 Å². The average molecular weight is 260 g/mol. The summed E-state index contributed by atoms with van der Waals surface area (Å²) in [4.78, 5) is 25.1. The highest BCUT2D eigenvalue weighted by Crippen LogP contribution is 2.30. The van der Waals surface area contributed by atoms with E-state index < -0.39 is 0 Å². The highest BCUT2D eigenvalue weighted by molar-refractivity contribution is 6.28. The number of carbonyl (C=O) groups is 2. The lowest BCUT2D eigenvalue weighted by molar-refractivity contribution is 0.0979.